The highest BCUT2D eigenvalue weighted by molar-refractivity contribution is 7.77. The van der Waals surface area contributed by atoms with Crippen molar-refractivity contribution in [2.75, 3.05) is 27.2 Å². The summed E-state index contributed by atoms with van der Waals surface area (Å²) in [4.78, 5) is 13.1. The van der Waals surface area contributed by atoms with E-state index < -0.39 is 0 Å². The summed E-state index contributed by atoms with van der Waals surface area (Å²) in [7, 11) is 3.69. The number of rotatable bonds is 4. The van der Waals surface area contributed by atoms with Gasteiger partial charge in [0.1, 0.15) is 0 Å². The Labute approximate surface area is 80.3 Å². The third-order valence-corrected chi connectivity index (χ3v) is 1.83. The van der Waals surface area contributed by atoms with E-state index in [-0.39, 0.29) is 11.8 Å². The van der Waals surface area contributed by atoms with Crippen molar-refractivity contribution in [2.24, 2.45) is 5.92 Å². The number of carbonyl (C=O) groups excluding carboxylic acids is 1. The number of hydrogen-bond acceptors (Lipinski definition) is 3. The molecule has 0 saturated carbocycles. The summed E-state index contributed by atoms with van der Waals surface area (Å²) in [6.07, 6.45) is 0. The van der Waals surface area contributed by atoms with Crippen LogP contribution in [0.1, 0.15) is 13.8 Å². The highest BCUT2D eigenvalue weighted by Gasteiger charge is 2.12. The molecule has 0 aromatic heterocycles. The first-order valence-electron chi connectivity index (χ1n) is 4.10. The smallest absolute Gasteiger partial charge is 0.224 e. The Bertz CT molecular complexity index is 148. The summed E-state index contributed by atoms with van der Waals surface area (Å²) < 4.78 is 1.77. The maximum absolute atomic E-state index is 11.3. The normalized spacial score (nSPS) is 10.9. The second-order valence-corrected chi connectivity index (χ2v) is 3.98. The second-order valence-electron chi connectivity index (χ2n) is 3.30. The van der Waals surface area contributed by atoms with Crippen molar-refractivity contribution in [3.05, 3.63) is 0 Å². The zero-order chi connectivity index (χ0) is 9.72. The van der Waals surface area contributed by atoms with Gasteiger partial charge in [0, 0.05) is 26.1 Å². The molecule has 72 valence electrons. The molecule has 3 nitrogen and oxygen atoms in total. The minimum atomic E-state index is 0.0835. The topological polar surface area (TPSA) is 23.6 Å². The van der Waals surface area contributed by atoms with Gasteiger partial charge in [0.2, 0.25) is 5.91 Å². The molecule has 0 aliphatic carbocycles. The fraction of sp³-hybridized carbons (Fsp3) is 0.875. The van der Waals surface area contributed by atoms with Gasteiger partial charge in [-0.15, -0.1) is 0 Å². The maximum atomic E-state index is 11.3. The first-order chi connectivity index (χ1) is 5.45. The van der Waals surface area contributed by atoms with Crippen LogP contribution in [-0.4, -0.2) is 42.3 Å². The fourth-order valence-electron chi connectivity index (χ4n) is 0.846. The predicted octanol–water partition coefficient (Wildman–Crippen LogP) is 0.877. The van der Waals surface area contributed by atoms with Crippen molar-refractivity contribution in [2.45, 2.75) is 13.8 Å². The Hall–Kier alpha value is -0.220. The first-order valence-corrected chi connectivity index (χ1v) is 4.50. The standard InChI is InChI=1S/C8H18N2OS/c1-7(2)8(11)9(3)5-6-10(4)12/h7,12H,5-6H2,1-4H3. The molecule has 0 atom stereocenters. The molecule has 0 aromatic carbocycles. The number of hydrogen-bond donors (Lipinski definition) is 1. The van der Waals surface area contributed by atoms with Crippen LogP contribution >= 0.6 is 12.8 Å². The molecule has 0 rings (SSSR count). The number of amides is 1. The Morgan fingerprint density at radius 2 is 1.83 bits per heavy atom. The Morgan fingerprint density at radius 1 is 1.33 bits per heavy atom. The molecule has 0 radical (unpaired) electrons. The van der Waals surface area contributed by atoms with Gasteiger partial charge in [-0.2, -0.15) is 0 Å². The minimum Gasteiger partial charge on any atom is -0.344 e. The van der Waals surface area contributed by atoms with Gasteiger partial charge in [-0.1, -0.05) is 26.7 Å². The van der Waals surface area contributed by atoms with Crippen molar-refractivity contribution < 1.29 is 4.79 Å². The summed E-state index contributed by atoms with van der Waals surface area (Å²) >= 11 is 4.09. The maximum Gasteiger partial charge on any atom is 0.224 e. The van der Waals surface area contributed by atoms with Gasteiger partial charge in [-0.05, 0) is 7.05 Å². The van der Waals surface area contributed by atoms with Crippen LogP contribution in [-0.2, 0) is 4.79 Å². The molecule has 0 aromatic rings. The zero-order valence-electron chi connectivity index (χ0n) is 8.24. The Morgan fingerprint density at radius 3 is 2.17 bits per heavy atom. The van der Waals surface area contributed by atoms with Crippen LogP contribution in [0, 0.1) is 5.92 Å². The van der Waals surface area contributed by atoms with Gasteiger partial charge >= 0.3 is 0 Å². The van der Waals surface area contributed by atoms with E-state index >= 15 is 0 Å². The van der Waals surface area contributed by atoms with Crippen LogP contribution < -0.4 is 0 Å². The van der Waals surface area contributed by atoms with Crippen molar-refractivity contribution in [3.63, 3.8) is 0 Å². The molecule has 0 aliphatic heterocycles. The molecule has 0 heterocycles. The summed E-state index contributed by atoms with van der Waals surface area (Å²) in [6, 6.07) is 0. The molecule has 1 amide bonds. The molecule has 4 heteroatoms. The highest BCUT2D eigenvalue weighted by Crippen LogP contribution is 1.98. The van der Waals surface area contributed by atoms with Gasteiger partial charge in [0.05, 0.1) is 0 Å². The van der Waals surface area contributed by atoms with Gasteiger partial charge < -0.3 is 4.90 Å². The minimum absolute atomic E-state index is 0.0835. The highest BCUT2D eigenvalue weighted by atomic mass is 32.1. The quantitative estimate of drug-likeness (QED) is 0.665. The van der Waals surface area contributed by atoms with E-state index in [0.29, 0.717) is 0 Å². The van der Waals surface area contributed by atoms with Crippen LogP contribution in [0.3, 0.4) is 0 Å². The molecule has 12 heavy (non-hydrogen) atoms. The fourth-order valence-corrected chi connectivity index (χ4v) is 0.935. The van der Waals surface area contributed by atoms with Crippen molar-refractivity contribution in [1.82, 2.24) is 9.21 Å². The van der Waals surface area contributed by atoms with Gasteiger partial charge in [0.15, 0.2) is 0 Å². The third kappa shape index (κ3) is 4.62. The lowest BCUT2D eigenvalue weighted by Crippen LogP contribution is -2.34. The average Bonchev–Trinajstić information content (AvgIpc) is 1.98. The number of likely N-dealkylation sites (N-methyl/N-ethyl adjacent to an activating group) is 2. The van der Waals surface area contributed by atoms with E-state index in [1.165, 1.54) is 0 Å². The molecule has 0 saturated heterocycles. The van der Waals surface area contributed by atoms with Crippen molar-refractivity contribution >= 4 is 18.7 Å². The average molecular weight is 190 g/mol. The molecule has 0 spiro atoms. The lowest BCUT2D eigenvalue weighted by atomic mass is 10.2. The van der Waals surface area contributed by atoms with Crippen LogP contribution in [0.5, 0.6) is 0 Å². The zero-order valence-corrected chi connectivity index (χ0v) is 9.14. The number of carbonyl (C=O) groups is 1. The summed E-state index contributed by atoms with van der Waals surface area (Å²) in [5.41, 5.74) is 0. The van der Waals surface area contributed by atoms with Crippen LogP contribution in [0.15, 0.2) is 0 Å². The SMILES string of the molecule is CC(C)C(=O)N(C)CCN(C)S. The Kier molecular flexibility index (Phi) is 5.33. The second kappa shape index (κ2) is 5.43. The van der Waals surface area contributed by atoms with E-state index in [4.69, 9.17) is 0 Å². The Balaban J connectivity index is 3.72. The van der Waals surface area contributed by atoms with Gasteiger partial charge in [-0.25, -0.2) is 0 Å². The van der Waals surface area contributed by atoms with Crippen molar-refractivity contribution in [1.29, 1.82) is 0 Å². The first kappa shape index (κ1) is 11.8. The van der Waals surface area contributed by atoms with E-state index in [9.17, 15) is 4.79 Å². The summed E-state index contributed by atoms with van der Waals surface area (Å²) in [6.45, 7) is 5.33. The number of thiol groups is 1. The van der Waals surface area contributed by atoms with E-state index in [2.05, 4.69) is 12.8 Å². The van der Waals surface area contributed by atoms with Gasteiger partial charge in [0.25, 0.3) is 0 Å². The molecular weight excluding hydrogens is 172 g/mol. The van der Waals surface area contributed by atoms with E-state index in [0.717, 1.165) is 13.1 Å². The number of nitrogens with zero attached hydrogens (tertiary/aromatic N) is 2. The molecule has 0 unspecified atom stereocenters. The van der Waals surface area contributed by atoms with Crippen molar-refractivity contribution in [3.8, 4) is 0 Å². The molecule has 0 fully saturated rings. The largest absolute Gasteiger partial charge is 0.344 e. The lowest BCUT2D eigenvalue weighted by molar-refractivity contribution is -0.133. The summed E-state index contributed by atoms with van der Waals surface area (Å²) in [5, 5.41) is 0. The van der Waals surface area contributed by atoms with Crippen LogP contribution in [0.2, 0.25) is 0 Å². The molecule has 0 aliphatic rings. The molecule has 0 bridgehead atoms. The van der Waals surface area contributed by atoms with Gasteiger partial charge in [-0.3, -0.25) is 9.10 Å². The summed E-state index contributed by atoms with van der Waals surface area (Å²) in [5.74, 6) is 0.269. The molecular formula is C8H18N2OS. The monoisotopic (exact) mass is 190 g/mol. The van der Waals surface area contributed by atoms with E-state index in [1.807, 2.05) is 27.9 Å². The van der Waals surface area contributed by atoms with E-state index in [1.54, 1.807) is 9.21 Å². The molecule has 0 N–H and O–H groups in total. The lowest BCUT2D eigenvalue weighted by Gasteiger charge is -2.20. The van der Waals surface area contributed by atoms with Crippen LogP contribution in [0.25, 0.3) is 0 Å². The third-order valence-electron chi connectivity index (χ3n) is 1.63. The predicted molar refractivity (Wildman–Crippen MR) is 54.1 cm³/mol. The van der Waals surface area contributed by atoms with Crippen LogP contribution in [0.4, 0.5) is 0 Å².